The van der Waals surface area contributed by atoms with Crippen LogP contribution >= 0.6 is 11.6 Å². The van der Waals surface area contributed by atoms with Gasteiger partial charge in [-0.15, -0.1) is 11.6 Å². The van der Waals surface area contributed by atoms with Crippen molar-refractivity contribution in [2.75, 3.05) is 13.0 Å². The van der Waals surface area contributed by atoms with Crippen LogP contribution in [-0.4, -0.2) is 18.1 Å². The van der Waals surface area contributed by atoms with Crippen LogP contribution in [0.5, 0.6) is 5.75 Å². The van der Waals surface area contributed by atoms with Crippen LogP contribution in [0.3, 0.4) is 0 Å². The van der Waals surface area contributed by atoms with Crippen LogP contribution in [0.25, 0.3) is 11.0 Å². The zero-order valence-corrected chi connectivity index (χ0v) is 8.54. The zero-order valence-electron chi connectivity index (χ0n) is 7.79. The number of halogens is 1. The second-order valence-corrected chi connectivity index (χ2v) is 3.31. The molecule has 0 saturated carbocycles. The van der Waals surface area contributed by atoms with Gasteiger partial charge in [0.2, 0.25) is 0 Å². The molecule has 1 aromatic heterocycles. The number of aromatic nitrogens is 1. The molecular formula is C10H10ClNO2. The third kappa shape index (κ3) is 1.55. The van der Waals surface area contributed by atoms with Gasteiger partial charge in [-0.25, -0.2) is 0 Å². The molecule has 2 rings (SSSR count). The number of nitrogens with zero attached hydrogens (tertiary/aromatic N) is 1. The number of hydrogen-bond donors (Lipinski definition) is 0. The standard InChI is InChI=1S/C10H10ClNO2/c1-13-7-2-3-10-8(6-7)9(4-5-11)12-14-10/h2-3,6H,4-5H2,1H3. The average Bonchev–Trinajstić information content (AvgIpc) is 2.61. The minimum atomic E-state index is 0.541. The zero-order chi connectivity index (χ0) is 9.97. The number of rotatable bonds is 3. The highest BCUT2D eigenvalue weighted by molar-refractivity contribution is 6.18. The molecule has 14 heavy (non-hydrogen) atoms. The number of alkyl halides is 1. The Bertz CT molecular complexity index is 439. The van der Waals surface area contributed by atoms with Gasteiger partial charge in [0, 0.05) is 17.7 Å². The van der Waals surface area contributed by atoms with Gasteiger partial charge in [-0.05, 0) is 18.2 Å². The SMILES string of the molecule is COc1ccc2onc(CCCl)c2c1. The normalized spacial score (nSPS) is 10.7. The molecule has 0 fully saturated rings. The molecule has 4 heteroatoms. The highest BCUT2D eigenvalue weighted by atomic mass is 35.5. The molecule has 0 amide bonds. The number of hydrogen-bond acceptors (Lipinski definition) is 3. The lowest BCUT2D eigenvalue weighted by Gasteiger charge is -1.97. The third-order valence-electron chi connectivity index (χ3n) is 2.08. The van der Waals surface area contributed by atoms with E-state index in [-0.39, 0.29) is 0 Å². The van der Waals surface area contributed by atoms with Gasteiger partial charge in [0.1, 0.15) is 5.75 Å². The summed E-state index contributed by atoms with van der Waals surface area (Å²) in [7, 11) is 1.63. The molecule has 0 aliphatic heterocycles. The van der Waals surface area contributed by atoms with Gasteiger partial charge in [-0.1, -0.05) is 5.16 Å². The predicted octanol–water partition coefficient (Wildman–Crippen LogP) is 2.62. The van der Waals surface area contributed by atoms with Crippen LogP contribution < -0.4 is 4.74 Å². The summed E-state index contributed by atoms with van der Waals surface area (Å²) >= 11 is 5.65. The van der Waals surface area contributed by atoms with Crippen molar-refractivity contribution >= 4 is 22.6 Å². The molecule has 0 atom stereocenters. The number of benzene rings is 1. The van der Waals surface area contributed by atoms with E-state index < -0.39 is 0 Å². The fraction of sp³-hybridized carbons (Fsp3) is 0.300. The van der Waals surface area contributed by atoms with Gasteiger partial charge >= 0.3 is 0 Å². The molecule has 3 nitrogen and oxygen atoms in total. The summed E-state index contributed by atoms with van der Waals surface area (Å²) in [5, 5.41) is 4.92. The maximum Gasteiger partial charge on any atom is 0.167 e. The predicted molar refractivity (Wildman–Crippen MR) is 55.0 cm³/mol. The van der Waals surface area contributed by atoms with E-state index in [2.05, 4.69) is 5.16 Å². The molecule has 0 bridgehead atoms. The molecule has 1 heterocycles. The minimum Gasteiger partial charge on any atom is -0.497 e. The molecule has 2 aromatic rings. The van der Waals surface area contributed by atoms with Crippen molar-refractivity contribution < 1.29 is 9.26 Å². The maximum absolute atomic E-state index is 5.65. The molecule has 0 N–H and O–H groups in total. The maximum atomic E-state index is 5.65. The smallest absolute Gasteiger partial charge is 0.167 e. The monoisotopic (exact) mass is 211 g/mol. The first kappa shape index (κ1) is 9.34. The van der Waals surface area contributed by atoms with Crippen molar-refractivity contribution in [2.24, 2.45) is 0 Å². The lowest BCUT2D eigenvalue weighted by molar-refractivity contribution is 0.415. The summed E-state index contributed by atoms with van der Waals surface area (Å²) in [5.41, 5.74) is 1.65. The summed E-state index contributed by atoms with van der Waals surface area (Å²) in [5.74, 6) is 1.34. The molecular weight excluding hydrogens is 202 g/mol. The molecule has 74 valence electrons. The molecule has 0 radical (unpaired) electrons. The van der Waals surface area contributed by atoms with E-state index in [4.69, 9.17) is 20.9 Å². The van der Waals surface area contributed by atoms with Crippen molar-refractivity contribution in [2.45, 2.75) is 6.42 Å². The number of methoxy groups -OCH3 is 1. The van der Waals surface area contributed by atoms with E-state index in [1.54, 1.807) is 7.11 Å². The summed E-state index contributed by atoms with van der Waals surface area (Å²) in [4.78, 5) is 0. The Labute approximate surface area is 86.6 Å². The van der Waals surface area contributed by atoms with Crippen molar-refractivity contribution in [1.29, 1.82) is 0 Å². The Balaban J connectivity index is 2.52. The van der Waals surface area contributed by atoms with Crippen LogP contribution in [-0.2, 0) is 6.42 Å². The van der Waals surface area contributed by atoms with Crippen LogP contribution in [0.2, 0.25) is 0 Å². The molecule has 0 unspecified atom stereocenters. The first-order valence-electron chi connectivity index (χ1n) is 4.33. The minimum absolute atomic E-state index is 0.541. The van der Waals surface area contributed by atoms with E-state index >= 15 is 0 Å². The fourth-order valence-corrected chi connectivity index (χ4v) is 1.54. The molecule has 0 saturated heterocycles. The Hall–Kier alpha value is -1.22. The van der Waals surface area contributed by atoms with E-state index in [1.165, 1.54) is 0 Å². The number of ether oxygens (including phenoxy) is 1. The molecule has 0 spiro atoms. The first-order valence-corrected chi connectivity index (χ1v) is 4.87. The van der Waals surface area contributed by atoms with Gasteiger partial charge < -0.3 is 9.26 Å². The van der Waals surface area contributed by atoms with E-state index in [9.17, 15) is 0 Å². The van der Waals surface area contributed by atoms with Crippen molar-refractivity contribution in [3.05, 3.63) is 23.9 Å². The summed E-state index contributed by atoms with van der Waals surface area (Å²) in [6.45, 7) is 0. The highest BCUT2D eigenvalue weighted by Crippen LogP contribution is 2.24. The Morgan fingerprint density at radius 2 is 2.36 bits per heavy atom. The average molecular weight is 212 g/mol. The summed E-state index contributed by atoms with van der Waals surface area (Å²) < 4.78 is 10.3. The van der Waals surface area contributed by atoms with E-state index in [1.807, 2.05) is 18.2 Å². The Morgan fingerprint density at radius 1 is 1.50 bits per heavy atom. The van der Waals surface area contributed by atoms with Gasteiger partial charge in [0.15, 0.2) is 5.58 Å². The van der Waals surface area contributed by atoms with Crippen molar-refractivity contribution in [1.82, 2.24) is 5.16 Å². The van der Waals surface area contributed by atoms with Gasteiger partial charge in [0.25, 0.3) is 0 Å². The van der Waals surface area contributed by atoms with Gasteiger partial charge in [-0.3, -0.25) is 0 Å². The van der Waals surface area contributed by atoms with Crippen molar-refractivity contribution in [3.63, 3.8) is 0 Å². The van der Waals surface area contributed by atoms with Crippen LogP contribution in [0.15, 0.2) is 22.7 Å². The second-order valence-electron chi connectivity index (χ2n) is 2.93. The summed E-state index contributed by atoms with van der Waals surface area (Å²) in [6.07, 6.45) is 0.710. The van der Waals surface area contributed by atoms with Gasteiger partial charge in [-0.2, -0.15) is 0 Å². The number of aryl methyl sites for hydroxylation is 1. The van der Waals surface area contributed by atoms with Crippen LogP contribution in [0, 0.1) is 0 Å². The van der Waals surface area contributed by atoms with Crippen molar-refractivity contribution in [3.8, 4) is 5.75 Å². The topological polar surface area (TPSA) is 35.3 Å². The third-order valence-corrected chi connectivity index (χ3v) is 2.27. The second kappa shape index (κ2) is 3.88. The molecule has 1 aromatic carbocycles. The van der Waals surface area contributed by atoms with Gasteiger partial charge in [0.05, 0.1) is 12.8 Å². The molecule has 0 aliphatic rings. The largest absolute Gasteiger partial charge is 0.497 e. The summed E-state index contributed by atoms with van der Waals surface area (Å²) in [6, 6.07) is 5.60. The van der Waals surface area contributed by atoms with Crippen LogP contribution in [0.1, 0.15) is 5.69 Å². The van der Waals surface area contributed by atoms with Crippen LogP contribution in [0.4, 0.5) is 0 Å². The quantitative estimate of drug-likeness (QED) is 0.733. The lowest BCUT2D eigenvalue weighted by Crippen LogP contribution is -1.87. The number of fused-ring (bicyclic) bond motifs is 1. The Morgan fingerprint density at radius 3 is 3.07 bits per heavy atom. The molecule has 0 aliphatic carbocycles. The van der Waals surface area contributed by atoms with E-state index in [0.29, 0.717) is 12.3 Å². The first-order chi connectivity index (χ1) is 6.85. The highest BCUT2D eigenvalue weighted by Gasteiger charge is 2.08. The Kier molecular flexibility index (Phi) is 2.59. The van der Waals surface area contributed by atoms with E-state index in [0.717, 1.165) is 22.4 Å². The lowest BCUT2D eigenvalue weighted by atomic mass is 10.2. The fourth-order valence-electron chi connectivity index (χ4n) is 1.36.